The average Bonchev–Trinajstić information content (AvgIpc) is 2.55. The van der Waals surface area contributed by atoms with Gasteiger partial charge >= 0.3 is 5.97 Å². The number of carboxylic acid groups (broad SMARTS) is 1. The summed E-state index contributed by atoms with van der Waals surface area (Å²) in [5, 5.41) is 10.2. The number of rotatable bonds is 2. The van der Waals surface area contributed by atoms with Crippen LogP contribution < -0.4 is 0 Å². The van der Waals surface area contributed by atoms with E-state index in [4.69, 9.17) is 9.52 Å². The fourth-order valence-corrected chi connectivity index (χ4v) is 2.33. The van der Waals surface area contributed by atoms with Gasteiger partial charge in [-0.15, -0.1) is 0 Å². The Morgan fingerprint density at radius 2 is 2.20 bits per heavy atom. The van der Waals surface area contributed by atoms with Crippen molar-refractivity contribution in [1.82, 2.24) is 0 Å². The molecule has 3 nitrogen and oxygen atoms in total. The second kappa shape index (κ2) is 3.98. The third kappa shape index (κ3) is 1.81. The summed E-state index contributed by atoms with van der Waals surface area (Å²) in [6, 6.07) is 5.45. The zero-order valence-electron chi connectivity index (χ0n) is 7.46. The van der Waals surface area contributed by atoms with Gasteiger partial charge < -0.3 is 9.52 Å². The summed E-state index contributed by atoms with van der Waals surface area (Å²) >= 11 is 6.57. The third-order valence-corrected chi connectivity index (χ3v) is 3.14. The maximum Gasteiger partial charge on any atom is 0.372 e. The summed E-state index contributed by atoms with van der Waals surface area (Å²) in [7, 11) is 0. The van der Waals surface area contributed by atoms with Crippen LogP contribution in [0.2, 0.25) is 0 Å². The van der Waals surface area contributed by atoms with E-state index in [1.54, 1.807) is 6.07 Å². The van der Waals surface area contributed by atoms with Crippen LogP contribution in [0.1, 0.15) is 16.1 Å². The van der Waals surface area contributed by atoms with Gasteiger partial charge in [0.05, 0.1) is 0 Å². The quantitative estimate of drug-likeness (QED) is 0.851. The van der Waals surface area contributed by atoms with Crippen molar-refractivity contribution in [3.63, 3.8) is 0 Å². The van der Waals surface area contributed by atoms with Gasteiger partial charge in [0.15, 0.2) is 0 Å². The molecular weight excluding hydrogens is 328 g/mol. The highest BCUT2D eigenvalue weighted by atomic mass is 79.9. The van der Waals surface area contributed by atoms with Crippen LogP contribution in [0, 0.1) is 0 Å². The molecule has 0 aliphatic carbocycles. The Morgan fingerprint density at radius 1 is 1.47 bits per heavy atom. The largest absolute Gasteiger partial charge is 0.475 e. The van der Waals surface area contributed by atoms with Crippen LogP contribution in [0.25, 0.3) is 11.0 Å². The Bertz CT molecular complexity index is 531. The standard InChI is InChI=1S/C10H6Br2O3/c11-4-7-6-2-1-5(12)3-8(6)15-9(7)10(13)14/h1-3H,4H2,(H,13,14). The molecule has 5 heteroatoms. The Kier molecular flexibility index (Phi) is 2.84. The van der Waals surface area contributed by atoms with Crippen molar-refractivity contribution in [2.75, 3.05) is 0 Å². The van der Waals surface area contributed by atoms with Crippen molar-refractivity contribution in [2.24, 2.45) is 0 Å². The van der Waals surface area contributed by atoms with Crippen molar-refractivity contribution in [2.45, 2.75) is 5.33 Å². The zero-order chi connectivity index (χ0) is 11.0. The molecule has 0 fully saturated rings. The van der Waals surface area contributed by atoms with Crippen LogP contribution in [0.3, 0.4) is 0 Å². The molecule has 1 aromatic heterocycles. The lowest BCUT2D eigenvalue weighted by Gasteiger charge is -1.92. The van der Waals surface area contributed by atoms with E-state index in [0.29, 0.717) is 16.5 Å². The number of hydrogen-bond donors (Lipinski definition) is 1. The van der Waals surface area contributed by atoms with Crippen molar-refractivity contribution in [3.8, 4) is 0 Å². The van der Waals surface area contributed by atoms with E-state index in [1.165, 1.54) is 0 Å². The van der Waals surface area contributed by atoms with E-state index in [1.807, 2.05) is 12.1 Å². The molecule has 0 bridgehead atoms. The minimum atomic E-state index is -1.04. The van der Waals surface area contributed by atoms with Crippen molar-refractivity contribution in [3.05, 3.63) is 34.0 Å². The highest BCUT2D eigenvalue weighted by Gasteiger charge is 2.18. The number of fused-ring (bicyclic) bond motifs is 1. The number of halogens is 2. The van der Waals surface area contributed by atoms with Gasteiger partial charge in [-0.05, 0) is 18.2 Å². The first kappa shape index (κ1) is 10.7. The second-order valence-electron chi connectivity index (χ2n) is 2.99. The van der Waals surface area contributed by atoms with E-state index in [0.717, 1.165) is 9.86 Å². The van der Waals surface area contributed by atoms with Crippen molar-refractivity contribution in [1.29, 1.82) is 0 Å². The topological polar surface area (TPSA) is 50.4 Å². The predicted molar refractivity (Wildman–Crippen MR) is 63.5 cm³/mol. The number of hydrogen-bond acceptors (Lipinski definition) is 2. The summed E-state index contributed by atoms with van der Waals surface area (Å²) in [5.74, 6) is -1.04. The molecule has 1 aromatic carbocycles. The van der Waals surface area contributed by atoms with Gasteiger partial charge in [-0.2, -0.15) is 0 Å². The lowest BCUT2D eigenvalue weighted by atomic mass is 10.1. The van der Waals surface area contributed by atoms with Gasteiger partial charge in [-0.1, -0.05) is 31.9 Å². The molecule has 1 N–H and O–H groups in total. The van der Waals surface area contributed by atoms with Crippen LogP contribution in [0.4, 0.5) is 0 Å². The molecule has 15 heavy (non-hydrogen) atoms. The lowest BCUT2D eigenvalue weighted by molar-refractivity contribution is 0.0664. The molecule has 0 saturated carbocycles. The van der Waals surface area contributed by atoms with Gasteiger partial charge in [-0.25, -0.2) is 4.79 Å². The highest BCUT2D eigenvalue weighted by molar-refractivity contribution is 9.10. The molecule has 0 unspecified atom stereocenters. The summed E-state index contributed by atoms with van der Waals surface area (Å²) in [6.07, 6.45) is 0. The smallest absolute Gasteiger partial charge is 0.372 e. The van der Waals surface area contributed by atoms with E-state index < -0.39 is 5.97 Å². The summed E-state index contributed by atoms with van der Waals surface area (Å²) in [4.78, 5) is 10.9. The molecular formula is C10H6Br2O3. The van der Waals surface area contributed by atoms with Gasteiger partial charge in [0.1, 0.15) is 5.58 Å². The van der Waals surface area contributed by atoms with Crippen LogP contribution in [0.15, 0.2) is 27.1 Å². The first-order valence-electron chi connectivity index (χ1n) is 4.13. The Morgan fingerprint density at radius 3 is 2.80 bits per heavy atom. The minimum Gasteiger partial charge on any atom is -0.475 e. The fraction of sp³-hybridized carbons (Fsp3) is 0.100. The number of furan rings is 1. The van der Waals surface area contributed by atoms with Crippen molar-refractivity contribution < 1.29 is 14.3 Å². The monoisotopic (exact) mass is 332 g/mol. The number of benzene rings is 1. The number of alkyl halides is 1. The molecule has 2 aromatic rings. The Hall–Kier alpha value is -0.810. The first-order chi connectivity index (χ1) is 7.13. The van der Waals surface area contributed by atoms with Gasteiger partial charge in [0, 0.05) is 20.8 Å². The number of aromatic carboxylic acids is 1. The predicted octanol–water partition coefficient (Wildman–Crippen LogP) is 3.79. The lowest BCUT2D eigenvalue weighted by Crippen LogP contribution is -1.96. The molecule has 78 valence electrons. The van der Waals surface area contributed by atoms with Crippen LogP contribution in [-0.4, -0.2) is 11.1 Å². The van der Waals surface area contributed by atoms with Gasteiger partial charge in [-0.3, -0.25) is 0 Å². The van der Waals surface area contributed by atoms with E-state index in [2.05, 4.69) is 31.9 Å². The Labute approximate surface area is 102 Å². The minimum absolute atomic E-state index is 0.0000231. The van der Waals surface area contributed by atoms with Gasteiger partial charge in [0.25, 0.3) is 0 Å². The summed E-state index contributed by atoms with van der Waals surface area (Å²) in [5.41, 5.74) is 1.25. The van der Waals surface area contributed by atoms with Gasteiger partial charge in [0.2, 0.25) is 5.76 Å². The number of carbonyl (C=O) groups is 1. The molecule has 1 heterocycles. The molecule has 0 amide bonds. The molecule has 2 rings (SSSR count). The summed E-state index contributed by atoms with van der Waals surface area (Å²) < 4.78 is 6.14. The maximum atomic E-state index is 10.9. The fourth-order valence-electron chi connectivity index (χ4n) is 1.43. The first-order valence-corrected chi connectivity index (χ1v) is 6.05. The molecule has 0 aliphatic rings. The van der Waals surface area contributed by atoms with E-state index >= 15 is 0 Å². The SMILES string of the molecule is O=C(O)c1oc2cc(Br)ccc2c1CBr. The third-order valence-electron chi connectivity index (χ3n) is 2.08. The zero-order valence-corrected chi connectivity index (χ0v) is 10.6. The average molecular weight is 334 g/mol. The maximum absolute atomic E-state index is 10.9. The van der Waals surface area contributed by atoms with Crippen LogP contribution in [0.5, 0.6) is 0 Å². The highest BCUT2D eigenvalue weighted by Crippen LogP contribution is 2.29. The summed E-state index contributed by atoms with van der Waals surface area (Å²) in [6.45, 7) is 0. The van der Waals surface area contributed by atoms with Crippen LogP contribution in [-0.2, 0) is 5.33 Å². The molecule has 0 saturated heterocycles. The van der Waals surface area contributed by atoms with E-state index in [-0.39, 0.29) is 5.76 Å². The molecule has 0 radical (unpaired) electrons. The normalized spacial score (nSPS) is 10.8. The van der Waals surface area contributed by atoms with Crippen LogP contribution >= 0.6 is 31.9 Å². The molecule has 0 atom stereocenters. The van der Waals surface area contributed by atoms with Crippen molar-refractivity contribution >= 4 is 48.8 Å². The second-order valence-corrected chi connectivity index (χ2v) is 4.47. The molecule has 0 aliphatic heterocycles. The van der Waals surface area contributed by atoms with E-state index in [9.17, 15) is 4.79 Å². The Balaban J connectivity index is 2.78. The number of carboxylic acids is 1. The molecule has 0 spiro atoms.